The lowest BCUT2D eigenvalue weighted by molar-refractivity contribution is 0.616. The summed E-state index contributed by atoms with van der Waals surface area (Å²) in [7, 11) is 0. The predicted molar refractivity (Wildman–Crippen MR) is 99.3 cm³/mol. The van der Waals surface area contributed by atoms with E-state index in [0.717, 1.165) is 51.7 Å². The molecular weight excluding hydrogens is 328 g/mol. The van der Waals surface area contributed by atoms with Crippen LogP contribution in [0.3, 0.4) is 0 Å². The lowest BCUT2D eigenvalue weighted by Gasteiger charge is -2.03. The molecule has 0 aliphatic carbocycles. The van der Waals surface area contributed by atoms with E-state index in [0.29, 0.717) is 5.82 Å². The molecule has 0 spiro atoms. The number of aromatic amines is 2. The van der Waals surface area contributed by atoms with Crippen LogP contribution in [0.15, 0.2) is 49.2 Å². The highest BCUT2D eigenvalue weighted by Crippen LogP contribution is 2.29. The lowest BCUT2D eigenvalue weighted by Crippen LogP contribution is -2.02. The van der Waals surface area contributed by atoms with Crippen molar-refractivity contribution in [1.29, 1.82) is 0 Å². The average Bonchev–Trinajstić information content (AvgIpc) is 3.40. The number of pyridine rings is 1. The van der Waals surface area contributed by atoms with Crippen LogP contribution in [0.1, 0.15) is 5.69 Å². The van der Waals surface area contributed by atoms with Crippen LogP contribution in [0, 0.1) is 0 Å². The maximum Gasteiger partial charge on any atom is 0.152 e. The van der Waals surface area contributed by atoms with Gasteiger partial charge >= 0.3 is 0 Å². The van der Waals surface area contributed by atoms with E-state index >= 15 is 0 Å². The molecule has 0 aliphatic rings. The highest BCUT2D eigenvalue weighted by molar-refractivity contribution is 6.08. The quantitative estimate of drug-likeness (QED) is 0.463. The number of nitrogens with one attached hydrogen (secondary N) is 2. The van der Waals surface area contributed by atoms with Gasteiger partial charge in [0.1, 0.15) is 5.52 Å². The molecule has 5 rings (SSSR count). The van der Waals surface area contributed by atoms with E-state index in [1.54, 1.807) is 12.5 Å². The van der Waals surface area contributed by atoms with E-state index in [1.165, 1.54) is 0 Å². The molecule has 4 N–H and O–H groups in total. The number of hydrogen-bond donors (Lipinski definition) is 3. The summed E-state index contributed by atoms with van der Waals surface area (Å²) in [5.41, 5.74) is 10.6. The van der Waals surface area contributed by atoms with Crippen molar-refractivity contribution in [2.75, 3.05) is 5.73 Å². The molecule has 0 atom stereocenters. The first kappa shape index (κ1) is 14.6. The number of fused-ring (bicyclic) bond motifs is 3. The number of benzene rings is 1. The van der Waals surface area contributed by atoms with Gasteiger partial charge in [0, 0.05) is 47.9 Å². The Bertz CT molecular complexity index is 1190. The Morgan fingerprint density at radius 3 is 2.92 bits per heavy atom. The number of aryl methyl sites for hydroxylation is 2. The molecule has 0 radical (unpaired) electrons. The minimum atomic E-state index is 0.435. The maximum atomic E-state index is 6.17. The van der Waals surface area contributed by atoms with Crippen LogP contribution < -0.4 is 5.73 Å². The van der Waals surface area contributed by atoms with Crippen molar-refractivity contribution in [3.63, 3.8) is 0 Å². The van der Waals surface area contributed by atoms with Gasteiger partial charge in [-0.15, -0.1) is 0 Å². The number of nitrogens with zero attached hydrogens (tertiary/aromatic N) is 5. The van der Waals surface area contributed by atoms with E-state index in [4.69, 9.17) is 5.73 Å². The van der Waals surface area contributed by atoms with Crippen molar-refractivity contribution in [3.05, 3.63) is 54.9 Å². The van der Waals surface area contributed by atoms with Gasteiger partial charge in [0.15, 0.2) is 5.82 Å². The summed E-state index contributed by atoms with van der Waals surface area (Å²) in [6, 6.07) is 8.02. The van der Waals surface area contributed by atoms with Gasteiger partial charge in [-0.2, -0.15) is 10.2 Å². The van der Waals surface area contributed by atoms with E-state index in [-0.39, 0.29) is 0 Å². The highest BCUT2D eigenvalue weighted by atomic mass is 15.3. The van der Waals surface area contributed by atoms with Gasteiger partial charge in [0.25, 0.3) is 0 Å². The number of imidazole rings is 1. The van der Waals surface area contributed by atoms with Crippen LogP contribution in [0.4, 0.5) is 5.82 Å². The number of nitrogen functional groups attached to an aromatic ring is 1. The Kier molecular flexibility index (Phi) is 3.21. The van der Waals surface area contributed by atoms with Gasteiger partial charge < -0.3 is 10.7 Å². The number of anilines is 1. The van der Waals surface area contributed by atoms with Crippen molar-refractivity contribution < 1.29 is 0 Å². The minimum absolute atomic E-state index is 0.435. The summed E-state index contributed by atoms with van der Waals surface area (Å²) in [5, 5.41) is 13.7. The second-order valence-electron chi connectivity index (χ2n) is 6.15. The first-order chi connectivity index (χ1) is 12.8. The maximum absolute atomic E-state index is 6.17. The van der Waals surface area contributed by atoms with Crippen LogP contribution in [0.5, 0.6) is 0 Å². The summed E-state index contributed by atoms with van der Waals surface area (Å²) in [4.78, 5) is 11.8. The first-order valence-electron chi connectivity index (χ1n) is 8.32. The molecule has 0 saturated heterocycles. The lowest BCUT2D eigenvalue weighted by atomic mass is 10.1. The Morgan fingerprint density at radius 1 is 1.15 bits per heavy atom. The standard InChI is InChI=1S/C18H16N8/c19-18-17-14(9-26(25-17)6-4-12-8-20-10-21-12)13-2-1-11(7-16(13)23-18)15-3-5-22-24-15/h1-3,5,7-10H,4,6H2,(H2,19,23)(H,20,21)(H,22,24). The number of rotatable bonds is 4. The minimum Gasteiger partial charge on any atom is -0.382 e. The molecule has 0 unspecified atom stereocenters. The topological polar surface area (TPSA) is 114 Å². The third-order valence-electron chi connectivity index (χ3n) is 4.48. The van der Waals surface area contributed by atoms with Crippen LogP contribution in [-0.4, -0.2) is 34.9 Å². The average molecular weight is 344 g/mol. The van der Waals surface area contributed by atoms with Crippen molar-refractivity contribution in [2.45, 2.75) is 13.0 Å². The molecule has 8 heteroatoms. The SMILES string of the molecule is Nc1nc2cc(-c3cc[nH]n3)ccc2c2cn(CCc3c[nH]cn3)nc12. The predicted octanol–water partition coefficient (Wildman–Crippen LogP) is 2.52. The van der Waals surface area contributed by atoms with Crippen molar-refractivity contribution >= 4 is 27.6 Å². The zero-order valence-electron chi connectivity index (χ0n) is 13.8. The Labute approximate surface area is 148 Å². The van der Waals surface area contributed by atoms with Crippen molar-refractivity contribution in [3.8, 4) is 11.3 Å². The molecule has 0 fully saturated rings. The fourth-order valence-corrected chi connectivity index (χ4v) is 3.19. The van der Waals surface area contributed by atoms with Crippen molar-refractivity contribution in [2.24, 2.45) is 0 Å². The van der Waals surface area contributed by atoms with Gasteiger partial charge in [-0.3, -0.25) is 9.78 Å². The Morgan fingerprint density at radius 2 is 2.12 bits per heavy atom. The summed E-state index contributed by atoms with van der Waals surface area (Å²) < 4.78 is 1.90. The van der Waals surface area contributed by atoms with Crippen molar-refractivity contribution in [1.82, 2.24) is 34.9 Å². The number of nitrogens with two attached hydrogens (primary N) is 1. The fourth-order valence-electron chi connectivity index (χ4n) is 3.19. The highest BCUT2D eigenvalue weighted by Gasteiger charge is 2.12. The summed E-state index contributed by atoms with van der Waals surface area (Å²) in [6.07, 6.45) is 8.20. The van der Waals surface area contributed by atoms with Crippen LogP contribution in [-0.2, 0) is 13.0 Å². The van der Waals surface area contributed by atoms with Gasteiger partial charge in [-0.05, 0) is 12.1 Å². The van der Waals surface area contributed by atoms with Crippen LogP contribution in [0.2, 0.25) is 0 Å². The summed E-state index contributed by atoms with van der Waals surface area (Å²) in [6.45, 7) is 0.728. The van der Waals surface area contributed by atoms with Gasteiger partial charge in [-0.1, -0.05) is 12.1 Å². The van der Waals surface area contributed by atoms with E-state index in [9.17, 15) is 0 Å². The third-order valence-corrected chi connectivity index (χ3v) is 4.48. The normalized spacial score (nSPS) is 11.5. The zero-order valence-corrected chi connectivity index (χ0v) is 13.8. The molecular formula is C18H16N8. The molecule has 8 nitrogen and oxygen atoms in total. The molecule has 4 heterocycles. The van der Waals surface area contributed by atoms with Gasteiger partial charge in [0.05, 0.1) is 23.2 Å². The molecule has 5 aromatic rings. The van der Waals surface area contributed by atoms with E-state index in [2.05, 4.69) is 30.2 Å². The molecule has 0 aliphatic heterocycles. The van der Waals surface area contributed by atoms with E-state index in [1.807, 2.05) is 41.3 Å². The molecule has 0 bridgehead atoms. The summed E-state index contributed by atoms with van der Waals surface area (Å²) in [5.74, 6) is 0.435. The Balaban J connectivity index is 1.58. The molecule has 26 heavy (non-hydrogen) atoms. The molecule has 1 aromatic carbocycles. The van der Waals surface area contributed by atoms with Crippen LogP contribution >= 0.6 is 0 Å². The zero-order chi connectivity index (χ0) is 17.5. The summed E-state index contributed by atoms with van der Waals surface area (Å²) >= 11 is 0. The molecule has 128 valence electrons. The first-order valence-corrected chi connectivity index (χ1v) is 8.32. The smallest absolute Gasteiger partial charge is 0.152 e. The third kappa shape index (κ3) is 2.39. The fraction of sp³-hybridized carbons (Fsp3) is 0.111. The Hall–Kier alpha value is -3.68. The monoisotopic (exact) mass is 344 g/mol. The number of aromatic nitrogens is 7. The number of hydrogen-bond acceptors (Lipinski definition) is 5. The largest absolute Gasteiger partial charge is 0.382 e. The number of H-pyrrole nitrogens is 2. The second kappa shape index (κ2) is 5.69. The second-order valence-corrected chi connectivity index (χ2v) is 6.15. The van der Waals surface area contributed by atoms with E-state index < -0.39 is 0 Å². The van der Waals surface area contributed by atoms with Gasteiger partial charge in [0.2, 0.25) is 0 Å². The van der Waals surface area contributed by atoms with Gasteiger partial charge in [-0.25, -0.2) is 9.97 Å². The van der Waals surface area contributed by atoms with Crippen LogP contribution in [0.25, 0.3) is 33.1 Å². The molecule has 0 saturated carbocycles. The molecule has 0 amide bonds. The molecule has 4 aromatic heterocycles.